The van der Waals surface area contributed by atoms with E-state index in [2.05, 4.69) is 22.4 Å². The number of ether oxygens (including phenoxy) is 1. The van der Waals surface area contributed by atoms with Gasteiger partial charge in [0.25, 0.3) is 0 Å². The SMILES string of the molecule is COC[C@@]1(O)CC[C@H]2[C@@H](CCC[C@H]3[C@@H]2CC[C@]2(C)[C@@H](C(=O)Cn4nnnc4C)CC[C@@H]32)C1. The molecule has 0 radical (unpaired) electrons. The van der Waals surface area contributed by atoms with Crippen molar-refractivity contribution in [1.82, 2.24) is 20.2 Å². The Labute approximate surface area is 191 Å². The lowest BCUT2D eigenvalue weighted by molar-refractivity contribution is -0.131. The number of aliphatic hydroxyl groups is 1. The Bertz CT molecular complexity index is 843. The van der Waals surface area contributed by atoms with Crippen molar-refractivity contribution in [2.75, 3.05) is 13.7 Å². The second-order valence-electron chi connectivity index (χ2n) is 11.7. The van der Waals surface area contributed by atoms with Gasteiger partial charge in [0.1, 0.15) is 12.4 Å². The zero-order chi connectivity index (χ0) is 22.5. The highest BCUT2D eigenvalue weighted by atomic mass is 16.5. The Hall–Kier alpha value is -1.34. The van der Waals surface area contributed by atoms with Crippen molar-refractivity contribution in [3.8, 4) is 0 Å². The standard InChI is InChI=1S/C25H40N4O3/c1-16-26-27-28-29(16)14-23(30)22-8-7-21-20-6-4-5-17-13-25(31,15-32-3)12-10-18(17)19(20)9-11-24(21,22)2/h17-22,31H,4-15H2,1-3H3/t17-,18-,19+,20-,21-,22+,24-,25+/m0/s1. The van der Waals surface area contributed by atoms with Gasteiger partial charge in [-0.1, -0.05) is 19.8 Å². The molecule has 5 rings (SSSR count). The van der Waals surface area contributed by atoms with Crippen LogP contribution < -0.4 is 0 Å². The van der Waals surface area contributed by atoms with E-state index in [4.69, 9.17) is 4.74 Å². The fraction of sp³-hybridized carbons (Fsp3) is 0.920. The van der Waals surface area contributed by atoms with E-state index in [0.717, 1.165) is 49.9 Å². The molecule has 1 heterocycles. The van der Waals surface area contributed by atoms with Crippen molar-refractivity contribution in [2.45, 2.75) is 90.2 Å². The van der Waals surface area contributed by atoms with Crippen molar-refractivity contribution in [1.29, 1.82) is 0 Å². The summed E-state index contributed by atoms with van der Waals surface area (Å²) in [6, 6.07) is 0. The highest BCUT2D eigenvalue weighted by molar-refractivity contribution is 5.82. The summed E-state index contributed by atoms with van der Waals surface area (Å²) in [6.07, 6.45) is 11.3. The Kier molecular flexibility index (Phi) is 5.94. The Balaban J connectivity index is 1.32. The number of Topliss-reactive ketones (excluding diaryl/α,β-unsaturated/α-hetero) is 1. The summed E-state index contributed by atoms with van der Waals surface area (Å²) in [7, 11) is 1.70. The maximum Gasteiger partial charge on any atom is 0.158 e. The van der Waals surface area contributed by atoms with Gasteiger partial charge in [0.15, 0.2) is 5.78 Å². The minimum Gasteiger partial charge on any atom is -0.387 e. The molecule has 0 bridgehead atoms. The summed E-state index contributed by atoms with van der Waals surface area (Å²) in [6.45, 7) is 5.05. The molecule has 0 amide bonds. The van der Waals surface area contributed by atoms with Crippen LogP contribution in [0.5, 0.6) is 0 Å². The molecule has 0 unspecified atom stereocenters. The van der Waals surface area contributed by atoms with Gasteiger partial charge in [-0.3, -0.25) is 4.79 Å². The van der Waals surface area contributed by atoms with E-state index in [1.54, 1.807) is 11.8 Å². The molecule has 1 aromatic heterocycles. The van der Waals surface area contributed by atoms with Crippen LogP contribution in [0.3, 0.4) is 0 Å². The van der Waals surface area contributed by atoms with E-state index in [0.29, 0.717) is 36.6 Å². The number of methoxy groups -OCH3 is 1. The number of ketones is 1. The first-order valence-corrected chi connectivity index (χ1v) is 12.8. The molecule has 32 heavy (non-hydrogen) atoms. The van der Waals surface area contributed by atoms with Crippen molar-refractivity contribution in [3.05, 3.63) is 5.82 Å². The maximum absolute atomic E-state index is 13.4. The zero-order valence-corrected chi connectivity index (χ0v) is 20.0. The molecule has 7 heteroatoms. The van der Waals surface area contributed by atoms with Gasteiger partial charge in [0.05, 0.1) is 12.2 Å². The van der Waals surface area contributed by atoms with Crippen LogP contribution in [-0.4, -0.2) is 50.4 Å². The number of rotatable bonds is 5. The minimum absolute atomic E-state index is 0.117. The summed E-state index contributed by atoms with van der Waals surface area (Å²) < 4.78 is 7.01. The number of hydrogen-bond acceptors (Lipinski definition) is 6. The molecule has 4 saturated carbocycles. The molecular formula is C25H40N4O3. The van der Waals surface area contributed by atoms with Gasteiger partial charge < -0.3 is 9.84 Å². The van der Waals surface area contributed by atoms with Crippen LogP contribution >= 0.6 is 0 Å². The van der Waals surface area contributed by atoms with Crippen molar-refractivity contribution in [3.63, 3.8) is 0 Å². The van der Waals surface area contributed by atoms with Crippen molar-refractivity contribution < 1.29 is 14.6 Å². The van der Waals surface area contributed by atoms with Gasteiger partial charge in [-0.2, -0.15) is 0 Å². The summed E-state index contributed by atoms with van der Waals surface area (Å²) in [5.41, 5.74) is -0.510. The Morgan fingerprint density at radius 3 is 2.69 bits per heavy atom. The van der Waals surface area contributed by atoms with E-state index < -0.39 is 5.60 Å². The minimum atomic E-state index is -0.627. The van der Waals surface area contributed by atoms with Crippen LogP contribution in [0, 0.1) is 47.8 Å². The lowest BCUT2D eigenvalue weighted by atomic mass is 9.53. The largest absolute Gasteiger partial charge is 0.387 e. The summed E-state index contributed by atoms with van der Waals surface area (Å²) in [5, 5.41) is 22.7. The number of carbonyl (C=O) groups excluding carboxylic acids is 1. The van der Waals surface area contributed by atoms with Crippen LogP contribution in [0.25, 0.3) is 0 Å². The van der Waals surface area contributed by atoms with Gasteiger partial charge in [0.2, 0.25) is 0 Å². The van der Waals surface area contributed by atoms with Crippen LogP contribution in [0.15, 0.2) is 0 Å². The molecular weight excluding hydrogens is 404 g/mol. The second kappa shape index (κ2) is 8.46. The van der Waals surface area contributed by atoms with Crippen molar-refractivity contribution >= 4 is 5.78 Å². The predicted molar refractivity (Wildman–Crippen MR) is 120 cm³/mol. The number of nitrogens with zero attached hydrogens (tertiary/aromatic N) is 4. The molecule has 0 aliphatic heterocycles. The topological polar surface area (TPSA) is 90.1 Å². The smallest absolute Gasteiger partial charge is 0.158 e. The summed E-state index contributed by atoms with van der Waals surface area (Å²) >= 11 is 0. The number of carbonyl (C=O) groups is 1. The van der Waals surface area contributed by atoms with Gasteiger partial charge in [0, 0.05) is 13.0 Å². The van der Waals surface area contributed by atoms with E-state index in [-0.39, 0.29) is 11.3 Å². The number of aromatic nitrogens is 4. The highest BCUT2D eigenvalue weighted by Crippen LogP contribution is 2.63. The second-order valence-corrected chi connectivity index (χ2v) is 11.7. The molecule has 4 fully saturated rings. The average Bonchev–Trinajstić information content (AvgIpc) is 3.25. The molecule has 4 aliphatic rings. The first-order valence-electron chi connectivity index (χ1n) is 12.8. The van der Waals surface area contributed by atoms with Crippen molar-refractivity contribution in [2.24, 2.45) is 40.9 Å². The monoisotopic (exact) mass is 444 g/mol. The maximum atomic E-state index is 13.4. The third-order valence-electron chi connectivity index (χ3n) is 10.2. The van der Waals surface area contributed by atoms with Gasteiger partial charge in [-0.25, -0.2) is 4.68 Å². The molecule has 4 aliphatic carbocycles. The van der Waals surface area contributed by atoms with Gasteiger partial charge >= 0.3 is 0 Å². The predicted octanol–water partition coefficient (Wildman–Crippen LogP) is 3.59. The fourth-order valence-electron chi connectivity index (χ4n) is 8.75. The lowest BCUT2D eigenvalue weighted by Gasteiger charge is -2.52. The van der Waals surface area contributed by atoms with E-state index in [1.807, 2.05) is 6.92 Å². The molecule has 0 spiro atoms. The average molecular weight is 445 g/mol. The summed E-state index contributed by atoms with van der Waals surface area (Å²) in [4.78, 5) is 13.4. The van der Waals surface area contributed by atoms with Crippen LogP contribution in [-0.2, 0) is 16.1 Å². The molecule has 0 saturated heterocycles. The first-order chi connectivity index (χ1) is 15.3. The Morgan fingerprint density at radius 2 is 1.94 bits per heavy atom. The van der Waals surface area contributed by atoms with E-state index in [1.165, 1.54) is 32.1 Å². The molecule has 1 aromatic rings. The van der Waals surface area contributed by atoms with Gasteiger partial charge in [-0.15, -0.1) is 5.10 Å². The normalized spacial score (nSPS) is 43.8. The highest BCUT2D eigenvalue weighted by Gasteiger charge is 2.58. The van der Waals surface area contributed by atoms with E-state index in [9.17, 15) is 9.90 Å². The van der Waals surface area contributed by atoms with Crippen LogP contribution in [0.1, 0.15) is 77.0 Å². The third-order valence-corrected chi connectivity index (χ3v) is 10.2. The van der Waals surface area contributed by atoms with Crippen LogP contribution in [0.2, 0.25) is 0 Å². The molecule has 8 atom stereocenters. The number of fused-ring (bicyclic) bond motifs is 5. The fourth-order valence-corrected chi connectivity index (χ4v) is 8.75. The molecule has 178 valence electrons. The number of aryl methyl sites for hydroxylation is 1. The van der Waals surface area contributed by atoms with Crippen LogP contribution in [0.4, 0.5) is 0 Å². The molecule has 0 aromatic carbocycles. The quantitative estimate of drug-likeness (QED) is 0.746. The molecule has 1 N–H and O–H groups in total. The third kappa shape index (κ3) is 3.73. The Morgan fingerprint density at radius 1 is 1.12 bits per heavy atom. The first kappa shape index (κ1) is 22.5. The van der Waals surface area contributed by atoms with Gasteiger partial charge in [-0.05, 0) is 104 Å². The number of hydrogen-bond donors (Lipinski definition) is 1. The summed E-state index contributed by atoms with van der Waals surface area (Å²) in [5.74, 6) is 4.69. The zero-order valence-electron chi connectivity index (χ0n) is 20.0. The van der Waals surface area contributed by atoms with E-state index >= 15 is 0 Å². The number of tetrazole rings is 1. The molecule has 7 nitrogen and oxygen atoms in total. The lowest BCUT2D eigenvalue weighted by Crippen LogP contribution is -2.48.